The van der Waals surface area contributed by atoms with Gasteiger partial charge in [0.1, 0.15) is 11.4 Å². The molecule has 0 saturated carbocycles. The molecule has 1 rings (SSSR count). The topological polar surface area (TPSA) is 91.2 Å². The number of anilines is 3. The molecule has 11 heavy (non-hydrogen) atoms. The van der Waals surface area contributed by atoms with Gasteiger partial charge in [-0.25, -0.2) is 0 Å². The second-order valence-corrected chi connectivity index (χ2v) is 2.81. The molecule has 0 saturated heterocycles. The molecule has 0 aromatic carbocycles. The van der Waals surface area contributed by atoms with Crippen molar-refractivity contribution in [2.45, 2.75) is 19.8 Å². The lowest BCUT2D eigenvalue weighted by Gasteiger charge is -1.99. The summed E-state index contributed by atoms with van der Waals surface area (Å²) in [7, 11) is 0. The molecular formula is C7H13N3O. The van der Waals surface area contributed by atoms with Crippen LogP contribution in [0, 0.1) is 0 Å². The number of hydrogen-bond acceptors (Lipinski definition) is 4. The quantitative estimate of drug-likeness (QED) is 0.567. The molecule has 0 atom stereocenters. The van der Waals surface area contributed by atoms with Gasteiger partial charge in [-0.2, -0.15) is 0 Å². The highest BCUT2D eigenvalue weighted by Crippen LogP contribution is 2.34. The zero-order valence-corrected chi connectivity index (χ0v) is 6.72. The molecule has 0 aliphatic carbocycles. The van der Waals surface area contributed by atoms with E-state index in [1.807, 2.05) is 13.8 Å². The fourth-order valence-electron chi connectivity index (χ4n) is 0.923. The minimum atomic E-state index is 0.214. The van der Waals surface area contributed by atoms with E-state index in [2.05, 4.69) is 0 Å². The molecule has 0 bridgehead atoms. The first-order chi connectivity index (χ1) is 5.04. The molecule has 1 aromatic rings. The van der Waals surface area contributed by atoms with Crippen LogP contribution < -0.4 is 17.2 Å². The molecule has 1 aromatic heterocycles. The number of furan rings is 1. The van der Waals surface area contributed by atoms with E-state index in [0.717, 1.165) is 0 Å². The summed E-state index contributed by atoms with van der Waals surface area (Å²) < 4.78 is 5.13. The van der Waals surface area contributed by atoms with Gasteiger partial charge in [0.2, 0.25) is 5.88 Å². The average molecular weight is 155 g/mol. The van der Waals surface area contributed by atoms with Gasteiger partial charge in [-0.1, -0.05) is 13.8 Å². The summed E-state index contributed by atoms with van der Waals surface area (Å²) in [5.74, 6) is 1.10. The molecular weight excluding hydrogens is 142 g/mol. The van der Waals surface area contributed by atoms with Gasteiger partial charge in [-0.05, 0) is 0 Å². The summed E-state index contributed by atoms with van der Waals surface area (Å²) in [4.78, 5) is 0. The minimum absolute atomic E-state index is 0.214. The second kappa shape index (κ2) is 2.38. The van der Waals surface area contributed by atoms with Crippen LogP contribution in [0.5, 0.6) is 0 Å². The third kappa shape index (κ3) is 1.11. The van der Waals surface area contributed by atoms with E-state index in [9.17, 15) is 0 Å². The standard InChI is InChI=1S/C7H13N3O/c1-3(2)6-4(8)5(9)7(10)11-6/h3H,8-10H2,1-2H3. The Morgan fingerprint density at radius 3 is 1.82 bits per heavy atom. The number of nitrogens with two attached hydrogens (primary N) is 3. The van der Waals surface area contributed by atoms with Crippen molar-refractivity contribution in [3.63, 3.8) is 0 Å². The maximum atomic E-state index is 5.61. The first kappa shape index (κ1) is 7.78. The van der Waals surface area contributed by atoms with Crippen LogP contribution in [0.4, 0.5) is 17.3 Å². The first-order valence-electron chi connectivity index (χ1n) is 3.47. The maximum absolute atomic E-state index is 5.61. The molecule has 4 nitrogen and oxygen atoms in total. The Morgan fingerprint density at radius 1 is 1.09 bits per heavy atom. The van der Waals surface area contributed by atoms with Crippen LogP contribution in [0.3, 0.4) is 0 Å². The zero-order valence-electron chi connectivity index (χ0n) is 6.72. The molecule has 1 heterocycles. The highest BCUT2D eigenvalue weighted by Gasteiger charge is 2.15. The molecule has 4 heteroatoms. The zero-order chi connectivity index (χ0) is 8.59. The van der Waals surface area contributed by atoms with Gasteiger partial charge in [0.15, 0.2) is 0 Å². The summed E-state index contributed by atoms with van der Waals surface area (Å²) >= 11 is 0. The number of rotatable bonds is 1. The lowest BCUT2D eigenvalue weighted by Crippen LogP contribution is -1.96. The Kier molecular flexibility index (Phi) is 1.68. The largest absolute Gasteiger partial charge is 0.441 e. The fraction of sp³-hybridized carbons (Fsp3) is 0.429. The van der Waals surface area contributed by atoms with Gasteiger partial charge >= 0.3 is 0 Å². The smallest absolute Gasteiger partial charge is 0.215 e. The van der Waals surface area contributed by atoms with Crippen LogP contribution >= 0.6 is 0 Å². The summed E-state index contributed by atoms with van der Waals surface area (Å²) in [6.45, 7) is 3.93. The lowest BCUT2D eigenvalue weighted by molar-refractivity contribution is 0.505. The molecule has 0 aliphatic heterocycles. The lowest BCUT2D eigenvalue weighted by atomic mass is 10.1. The minimum Gasteiger partial charge on any atom is -0.441 e. The monoisotopic (exact) mass is 155 g/mol. The molecule has 0 radical (unpaired) electrons. The Labute approximate surface area is 65.3 Å². The van der Waals surface area contributed by atoms with Gasteiger partial charge in [0, 0.05) is 5.92 Å². The normalized spacial score (nSPS) is 10.8. The van der Waals surface area contributed by atoms with Crippen LogP contribution in [0.15, 0.2) is 4.42 Å². The Balaban J connectivity index is 3.19. The van der Waals surface area contributed by atoms with Gasteiger partial charge in [0.25, 0.3) is 0 Å². The predicted octanol–water partition coefficient (Wildman–Crippen LogP) is 1.15. The van der Waals surface area contributed by atoms with Crippen LogP contribution in [0.1, 0.15) is 25.5 Å². The van der Waals surface area contributed by atoms with Crippen LogP contribution in [0.25, 0.3) is 0 Å². The Bertz CT molecular complexity index is 265. The number of hydrogen-bond donors (Lipinski definition) is 3. The van der Waals surface area contributed by atoms with Crippen molar-refractivity contribution in [2.75, 3.05) is 17.2 Å². The molecule has 0 amide bonds. The first-order valence-corrected chi connectivity index (χ1v) is 3.47. The van der Waals surface area contributed by atoms with E-state index >= 15 is 0 Å². The molecule has 62 valence electrons. The van der Waals surface area contributed by atoms with Crippen LogP contribution in [-0.4, -0.2) is 0 Å². The van der Waals surface area contributed by atoms with Crippen LogP contribution in [0.2, 0.25) is 0 Å². The highest BCUT2D eigenvalue weighted by molar-refractivity contribution is 5.76. The summed E-state index contributed by atoms with van der Waals surface area (Å²) in [6.07, 6.45) is 0. The SMILES string of the molecule is CC(C)c1oc(N)c(N)c1N. The summed E-state index contributed by atoms with van der Waals surface area (Å²) in [5.41, 5.74) is 17.3. The van der Waals surface area contributed by atoms with Crippen LogP contribution in [-0.2, 0) is 0 Å². The van der Waals surface area contributed by atoms with Crippen molar-refractivity contribution in [1.29, 1.82) is 0 Å². The summed E-state index contributed by atoms with van der Waals surface area (Å²) in [5, 5.41) is 0. The molecule has 0 aliphatic rings. The van der Waals surface area contributed by atoms with Crippen molar-refractivity contribution in [1.82, 2.24) is 0 Å². The molecule has 0 unspecified atom stereocenters. The molecule has 6 N–H and O–H groups in total. The third-order valence-corrected chi connectivity index (χ3v) is 1.57. The van der Waals surface area contributed by atoms with E-state index in [0.29, 0.717) is 17.1 Å². The van der Waals surface area contributed by atoms with Crippen molar-refractivity contribution < 1.29 is 4.42 Å². The van der Waals surface area contributed by atoms with Crippen molar-refractivity contribution in [3.8, 4) is 0 Å². The van der Waals surface area contributed by atoms with E-state index in [1.54, 1.807) is 0 Å². The van der Waals surface area contributed by atoms with Crippen molar-refractivity contribution >= 4 is 17.3 Å². The second-order valence-electron chi connectivity index (χ2n) is 2.81. The molecule has 0 fully saturated rings. The van der Waals surface area contributed by atoms with Crippen molar-refractivity contribution in [3.05, 3.63) is 5.76 Å². The maximum Gasteiger partial charge on any atom is 0.215 e. The van der Waals surface area contributed by atoms with Gasteiger partial charge < -0.3 is 21.6 Å². The van der Waals surface area contributed by atoms with E-state index in [-0.39, 0.29) is 11.8 Å². The molecule has 0 spiro atoms. The fourth-order valence-corrected chi connectivity index (χ4v) is 0.923. The van der Waals surface area contributed by atoms with E-state index in [4.69, 9.17) is 21.6 Å². The number of nitrogen functional groups attached to an aromatic ring is 3. The Morgan fingerprint density at radius 2 is 1.64 bits per heavy atom. The highest BCUT2D eigenvalue weighted by atomic mass is 16.4. The van der Waals surface area contributed by atoms with Crippen molar-refractivity contribution in [2.24, 2.45) is 0 Å². The van der Waals surface area contributed by atoms with E-state index in [1.165, 1.54) is 0 Å². The average Bonchev–Trinajstić information content (AvgIpc) is 2.17. The predicted molar refractivity (Wildman–Crippen MR) is 46.0 cm³/mol. The van der Waals surface area contributed by atoms with E-state index < -0.39 is 0 Å². The van der Waals surface area contributed by atoms with Gasteiger partial charge in [-0.15, -0.1) is 0 Å². The summed E-state index contributed by atoms with van der Waals surface area (Å²) in [6, 6.07) is 0. The third-order valence-electron chi connectivity index (χ3n) is 1.57. The van der Waals surface area contributed by atoms with Gasteiger partial charge in [-0.3, -0.25) is 0 Å². The Hall–Kier alpha value is -1.32. The van der Waals surface area contributed by atoms with Gasteiger partial charge in [0.05, 0.1) is 5.69 Å².